The van der Waals surface area contributed by atoms with E-state index in [2.05, 4.69) is 0 Å². The van der Waals surface area contributed by atoms with E-state index in [1.807, 2.05) is 0 Å². The largest absolute Gasteiger partial charge is 1.00 e. The fourth-order valence-corrected chi connectivity index (χ4v) is 0.626. The van der Waals surface area contributed by atoms with E-state index in [0.29, 0.717) is 5.69 Å². The standard InChI is InChI=1S/C7H7NO2.K/c8-6-3-1-5(2-4-6)7(9)10;/h1-4H,8H2,(H,9,10);/q;+1. The summed E-state index contributed by atoms with van der Waals surface area (Å²) in [6.07, 6.45) is 0. The van der Waals surface area contributed by atoms with Crippen LogP contribution in [0.25, 0.3) is 0 Å². The first-order chi connectivity index (χ1) is 4.70. The van der Waals surface area contributed by atoms with Crippen molar-refractivity contribution in [2.24, 2.45) is 0 Å². The topological polar surface area (TPSA) is 63.3 Å². The summed E-state index contributed by atoms with van der Waals surface area (Å²) >= 11 is 0. The Balaban J connectivity index is 0.000001000. The van der Waals surface area contributed by atoms with Crippen molar-refractivity contribution < 1.29 is 61.3 Å². The molecule has 0 heterocycles. The number of carboxylic acids is 1. The third kappa shape index (κ3) is 3.35. The molecule has 1 aromatic carbocycles. The number of nitrogens with two attached hydrogens (primary N) is 1. The molecule has 4 heteroatoms. The summed E-state index contributed by atoms with van der Waals surface area (Å²) in [5.74, 6) is -0.931. The Labute approximate surface area is 107 Å². The summed E-state index contributed by atoms with van der Waals surface area (Å²) < 4.78 is 0. The van der Waals surface area contributed by atoms with Crippen LogP contribution >= 0.6 is 0 Å². The van der Waals surface area contributed by atoms with Gasteiger partial charge >= 0.3 is 57.4 Å². The maximum atomic E-state index is 10.3. The minimum Gasteiger partial charge on any atom is -0.478 e. The first-order valence-corrected chi connectivity index (χ1v) is 2.79. The van der Waals surface area contributed by atoms with Gasteiger partial charge < -0.3 is 10.8 Å². The third-order valence-corrected chi connectivity index (χ3v) is 1.16. The number of benzene rings is 1. The van der Waals surface area contributed by atoms with Crippen molar-refractivity contribution in [3.63, 3.8) is 0 Å². The van der Waals surface area contributed by atoms with Gasteiger partial charge in [-0.05, 0) is 24.3 Å². The van der Waals surface area contributed by atoms with Crippen LogP contribution in [-0.2, 0) is 0 Å². The van der Waals surface area contributed by atoms with Gasteiger partial charge in [0.05, 0.1) is 5.56 Å². The third-order valence-electron chi connectivity index (χ3n) is 1.16. The Morgan fingerprint density at radius 2 is 1.73 bits per heavy atom. The molecule has 0 aliphatic carbocycles. The molecule has 11 heavy (non-hydrogen) atoms. The fourth-order valence-electron chi connectivity index (χ4n) is 0.626. The van der Waals surface area contributed by atoms with Gasteiger partial charge in [0, 0.05) is 5.69 Å². The summed E-state index contributed by atoms with van der Waals surface area (Å²) in [6.45, 7) is 0. The smallest absolute Gasteiger partial charge is 0.478 e. The normalized spacial score (nSPS) is 8.36. The SMILES string of the molecule is Nc1ccc(C(=O)O)cc1.[K+]. The quantitative estimate of drug-likeness (QED) is 0.383. The molecule has 0 aliphatic heterocycles. The van der Waals surface area contributed by atoms with E-state index in [0.717, 1.165) is 0 Å². The molecule has 0 amide bonds. The van der Waals surface area contributed by atoms with E-state index in [9.17, 15) is 4.79 Å². The van der Waals surface area contributed by atoms with Gasteiger partial charge in [0.1, 0.15) is 0 Å². The molecule has 3 N–H and O–H groups in total. The van der Waals surface area contributed by atoms with Gasteiger partial charge in [0.25, 0.3) is 0 Å². The molecule has 0 radical (unpaired) electrons. The van der Waals surface area contributed by atoms with Gasteiger partial charge in [-0.2, -0.15) is 0 Å². The maximum Gasteiger partial charge on any atom is 1.00 e. The number of nitrogen functional groups attached to an aromatic ring is 1. The average Bonchev–Trinajstić information content (AvgIpc) is 1.88. The Bertz CT molecular complexity index is 245. The Morgan fingerprint density at radius 1 is 1.27 bits per heavy atom. The van der Waals surface area contributed by atoms with Crippen LogP contribution in [0.2, 0.25) is 0 Å². The number of hydrogen-bond donors (Lipinski definition) is 2. The summed E-state index contributed by atoms with van der Waals surface area (Å²) in [5, 5.41) is 8.43. The molecule has 52 valence electrons. The second-order valence-corrected chi connectivity index (χ2v) is 1.93. The number of rotatable bonds is 1. The molecule has 3 nitrogen and oxygen atoms in total. The number of carboxylic acid groups (broad SMARTS) is 1. The fraction of sp³-hybridized carbons (Fsp3) is 0. The van der Waals surface area contributed by atoms with E-state index in [4.69, 9.17) is 10.8 Å². The zero-order valence-electron chi connectivity index (χ0n) is 6.24. The minimum absolute atomic E-state index is 0. The van der Waals surface area contributed by atoms with Crippen molar-refractivity contribution in [3.8, 4) is 0 Å². The molecule has 0 aromatic heterocycles. The monoisotopic (exact) mass is 176 g/mol. The van der Waals surface area contributed by atoms with Crippen molar-refractivity contribution >= 4 is 11.7 Å². The first-order valence-electron chi connectivity index (χ1n) is 2.79. The van der Waals surface area contributed by atoms with E-state index in [1.165, 1.54) is 12.1 Å². The van der Waals surface area contributed by atoms with Crippen LogP contribution in [0.3, 0.4) is 0 Å². The molecule has 0 spiro atoms. The second-order valence-electron chi connectivity index (χ2n) is 1.93. The predicted octanol–water partition coefficient (Wildman–Crippen LogP) is -2.03. The Hall–Kier alpha value is 0.126. The van der Waals surface area contributed by atoms with Crippen LogP contribution < -0.4 is 57.1 Å². The number of anilines is 1. The molecule has 0 unspecified atom stereocenters. The zero-order valence-corrected chi connectivity index (χ0v) is 9.37. The Morgan fingerprint density at radius 3 is 2.09 bits per heavy atom. The van der Waals surface area contributed by atoms with Crippen molar-refractivity contribution in [1.82, 2.24) is 0 Å². The Kier molecular flexibility index (Phi) is 4.95. The van der Waals surface area contributed by atoms with Crippen LogP contribution in [0.4, 0.5) is 5.69 Å². The minimum atomic E-state index is -0.931. The van der Waals surface area contributed by atoms with Crippen molar-refractivity contribution in [2.45, 2.75) is 0 Å². The number of carbonyl (C=O) groups is 1. The van der Waals surface area contributed by atoms with Gasteiger partial charge in [-0.3, -0.25) is 0 Å². The molecular formula is C7H7KNO2+. The molecule has 0 bridgehead atoms. The average molecular weight is 176 g/mol. The molecule has 1 aromatic rings. The zero-order chi connectivity index (χ0) is 7.56. The molecule has 0 saturated carbocycles. The van der Waals surface area contributed by atoms with Crippen LogP contribution in [0.5, 0.6) is 0 Å². The van der Waals surface area contributed by atoms with Crippen LogP contribution in [0.1, 0.15) is 10.4 Å². The van der Waals surface area contributed by atoms with Gasteiger partial charge in [0.15, 0.2) is 0 Å². The molecule has 0 atom stereocenters. The summed E-state index contributed by atoms with van der Waals surface area (Å²) in [4.78, 5) is 10.3. The van der Waals surface area contributed by atoms with Crippen molar-refractivity contribution in [3.05, 3.63) is 29.8 Å². The summed E-state index contributed by atoms with van der Waals surface area (Å²) in [7, 11) is 0. The van der Waals surface area contributed by atoms with Gasteiger partial charge in [0.2, 0.25) is 0 Å². The van der Waals surface area contributed by atoms with Crippen LogP contribution in [0, 0.1) is 0 Å². The predicted molar refractivity (Wildman–Crippen MR) is 37.8 cm³/mol. The van der Waals surface area contributed by atoms with Gasteiger partial charge in [-0.1, -0.05) is 0 Å². The molecule has 0 fully saturated rings. The van der Waals surface area contributed by atoms with E-state index < -0.39 is 5.97 Å². The first kappa shape index (κ1) is 11.1. The molecule has 0 saturated heterocycles. The van der Waals surface area contributed by atoms with Gasteiger partial charge in [-0.25, -0.2) is 4.79 Å². The van der Waals surface area contributed by atoms with E-state index in [1.54, 1.807) is 12.1 Å². The van der Waals surface area contributed by atoms with Gasteiger partial charge in [-0.15, -0.1) is 0 Å². The van der Waals surface area contributed by atoms with E-state index in [-0.39, 0.29) is 56.9 Å². The van der Waals surface area contributed by atoms with Crippen LogP contribution in [-0.4, -0.2) is 11.1 Å². The summed E-state index contributed by atoms with van der Waals surface area (Å²) in [6, 6.07) is 6.06. The van der Waals surface area contributed by atoms with Crippen molar-refractivity contribution in [2.75, 3.05) is 5.73 Å². The number of hydrogen-bond acceptors (Lipinski definition) is 2. The van der Waals surface area contributed by atoms with Crippen molar-refractivity contribution in [1.29, 1.82) is 0 Å². The van der Waals surface area contributed by atoms with E-state index >= 15 is 0 Å². The number of aromatic carboxylic acids is 1. The molecular weight excluding hydrogens is 169 g/mol. The molecule has 1 rings (SSSR count). The molecule has 0 aliphatic rings. The maximum absolute atomic E-state index is 10.3. The van der Waals surface area contributed by atoms with Crippen LogP contribution in [0.15, 0.2) is 24.3 Å². The second kappa shape index (κ2) is 4.90. The summed E-state index contributed by atoms with van der Waals surface area (Å²) in [5.41, 5.74) is 6.17.